The van der Waals surface area contributed by atoms with E-state index in [9.17, 15) is 0 Å². The molecule has 0 atom stereocenters. The Hall–Kier alpha value is -1.34. The van der Waals surface area contributed by atoms with E-state index in [2.05, 4.69) is 21.3 Å². The molecule has 0 unspecified atom stereocenters. The van der Waals surface area contributed by atoms with Crippen LogP contribution in [0.2, 0.25) is 0 Å². The van der Waals surface area contributed by atoms with Crippen LogP contribution in [0.4, 0.5) is 0 Å². The highest BCUT2D eigenvalue weighted by atomic mass is 15.3. The quantitative estimate of drug-likeness (QED) is 0.468. The molecule has 0 spiro atoms. The SMILES string of the molecule is C#CCNCc1ncn(C)n1. The molecular weight excluding hydrogens is 140 g/mol. The summed E-state index contributed by atoms with van der Waals surface area (Å²) in [6.07, 6.45) is 6.70. The molecule has 0 radical (unpaired) electrons. The first kappa shape index (κ1) is 7.76. The summed E-state index contributed by atoms with van der Waals surface area (Å²) < 4.78 is 1.66. The van der Waals surface area contributed by atoms with Crippen molar-refractivity contribution in [1.29, 1.82) is 0 Å². The molecule has 1 N–H and O–H groups in total. The summed E-state index contributed by atoms with van der Waals surface area (Å²) in [5, 5.41) is 7.05. The molecular formula is C7H10N4. The molecule has 4 nitrogen and oxygen atoms in total. The molecule has 11 heavy (non-hydrogen) atoms. The Labute approximate surface area is 65.6 Å². The summed E-state index contributed by atoms with van der Waals surface area (Å²) in [5.41, 5.74) is 0. The third kappa shape index (κ3) is 2.40. The fourth-order valence-electron chi connectivity index (χ4n) is 0.711. The molecule has 1 aromatic heterocycles. The van der Waals surface area contributed by atoms with Crippen LogP contribution in [0, 0.1) is 12.3 Å². The highest BCUT2D eigenvalue weighted by Gasteiger charge is 1.94. The van der Waals surface area contributed by atoms with Crippen LogP contribution in [0.25, 0.3) is 0 Å². The van der Waals surface area contributed by atoms with E-state index in [-0.39, 0.29) is 0 Å². The number of aryl methyl sites for hydroxylation is 1. The Balaban J connectivity index is 2.34. The van der Waals surface area contributed by atoms with Crippen molar-refractivity contribution in [1.82, 2.24) is 20.1 Å². The number of nitrogens with one attached hydrogen (secondary N) is 1. The lowest BCUT2D eigenvalue weighted by atomic mass is 10.5. The molecule has 0 bridgehead atoms. The predicted molar refractivity (Wildman–Crippen MR) is 41.5 cm³/mol. The average Bonchev–Trinajstić information content (AvgIpc) is 2.37. The van der Waals surface area contributed by atoms with Gasteiger partial charge in [-0.05, 0) is 0 Å². The Morgan fingerprint density at radius 3 is 3.18 bits per heavy atom. The zero-order valence-electron chi connectivity index (χ0n) is 6.41. The molecule has 1 aromatic rings. The van der Waals surface area contributed by atoms with Crippen molar-refractivity contribution < 1.29 is 0 Å². The van der Waals surface area contributed by atoms with Crippen molar-refractivity contribution in [3.63, 3.8) is 0 Å². The van der Waals surface area contributed by atoms with Crippen LogP contribution in [0.15, 0.2) is 6.33 Å². The Bertz CT molecular complexity index is 258. The van der Waals surface area contributed by atoms with Gasteiger partial charge in [-0.3, -0.25) is 10.00 Å². The normalized spacial score (nSPS) is 9.45. The number of hydrogen-bond acceptors (Lipinski definition) is 3. The first-order valence-electron chi connectivity index (χ1n) is 3.31. The minimum atomic E-state index is 0.554. The Morgan fingerprint density at radius 1 is 1.82 bits per heavy atom. The van der Waals surface area contributed by atoms with Gasteiger partial charge in [0.25, 0.3) is 0 Å². The molecule has 1 heterocycles. The molecule has 0 aliphatic heterocycles. The predicted octanol–water partition coefficient (Wildman–Crippen LogP) is -0.462. The van der Waals surface area contributed by atoms with Crippen molar-refractivity contribution in [2.24, 2.45) is 7.05 Å². The number of aromatic nitrogens is 3. The highest BCUT2D eigenvalue weighted by molar-refractivity contribution is 4.88. The molecule has 0 saturated heterocycles. The second-order valence-corrected chi connectivity index (χ2v) is 2.14. The standard InChI is InChI=1S/C7H10N4/c1-3-4-8-5-7-9-6-11(2)10-7/h1,6,8H,4-5H2,2H3. The largest absolute Gasteiger partial charge is 0.299 e. The van der Waals surface area contributed by atoms with Crippen molar-refractivity contribution in [3.05, 3.63) is 12.2 Å². The van der Waals surface area contributed by atoms with Gasteiger partial charge >= 0.3 is 0 Å². The molecule has 0 aromatic carbocycles. The van der Waals surface area contributed by atoms with Crippen molar-refractivity contribution in [3.8, 4) is 12.3 Å². The van der Waals surface area contributed by atoms with Crippen LogP contribution in [0.1, 0.15) is 5.82 Å². The number of terminal acetylenes is 1. The van der Waals surface area contributed by atoms with E-state index >= 15 is 0 Å². The van der Waals surface area contributed by atoms with Gasteiger partial charge < -0.3 is 0 Å². The monoisotopic (exact) mass is 150 g/mol. The maximum atomic E-state index is 5.04. The van der Waals surface area contributed by atoms with Gasteiger partial charge in [0, 0.05) is 7.05 Å². The van der Waals surface area contributed by atoms with Crippen molar-refractivity contribution >= 4 is 0 Å². The number of nitrogens with zero attached hydrogens (tertiary/aromatic N) is 3. The van der Waals surface area contributed by atoms with Gasteiger partial charge in [-0.1, -0.05) is 5.92 Å². The third-order valence-electron chi connectivity index (χ3n) is 1.16. The zero-order valence-corrected chi connectivity index (χ0v) is 6.41. The average molecular weight is 150 g/mol. The number of rotatable bonds is 3. The summed E-state index contributed by atoms with van der Waals surface area (Å²) in [6, 6.07) is 0. The van der Waals surface area contributed by atoms with Gasteiger partial charge in [-0.15, -0.1) is 6.42 Å². The highest BCUT2D eigenvalue weighted by Crippen LogP contribution is 1.85. The van der Waals surface area contributed by atoms with Gasteiger partial charge in [-0.2, -0.15) is 5.10 Å². The third-order valence-corrected chi connectivity index (χ3v) is 1.16. The minimum absolute atomic E-state index is 0.554. The van der Waals surface area contributed by atoms with Crippen LogP contribution in [0.5, 0.6) is 0 Å². The summed E-state index contributed by atoms with van der Waals surface area (Å²) in [6.45, 7) is 1.18. The fraction of sp³-hybridized carbons (Fsp3) is 0.429. The lowest BCUT2D eigenvalue weighted by Gasteiger charge is -1.93. The Kier molecular flexibility index (Phi) is 2.64. The van der Waals surface area contributed by atoms with Crippen LogP contribution >= 0.6 is 0 Å². The van der Waals surface area contributed by atoms with Gasteiger partial charge in [-0.25, -0.2) is 4.98 Å². The zero-order chi connectivity index (χ0) is 8.10. The van der Waals surface area contributed by atoms with E-state index in [0.717, 1.165) is 5.82 Å². The topological polar surface area (TPSA) is 42.7 Å². The van der Waals surface area contributed by atoms with E-state index < -0.39 is 0 Å². The van der Waals surface area contributed by atoms with Crippen LogP contribution < -0.4 is 5.32 Å². The summed E-state index contributed by atoms with van der Waals surface area (Å²) in [4.78, 5) is 4.01. The first-order valence-corrected chi connectivity index (χ1v) is 3.31. The maximum absolute atomic E-state index is 5.04. The molecule has 0 fully saturated rings. The lowest BCUT2D eigenvalue weighted by molar-refractivity contribution is 0.691. The van der Waals surface area contributed by atoms with Gasteiger partial charge in [0.05, 0.1) is 13.1 Å². The van der Waals surface area contributed by atoms with Crippen LogP contribution in [-0.4, -0.2) is 21.3 Å². The van der Waals surface area contributed by atoms with Crippen molar-refractivity contribution in [2.75, 3.05) is 6.54 Å². The van der Waals surface area contributed by atoms with Gasteiger partial charge in [0.1, 0.15) is 6.33 Å². The van der Waals surface area contributed by atoms with E-state index in [4.69, 9.17) is 6.42 Å². The van der Waals surface area contributed by atoms with Gasteiger partial charge in [0.15, 0.2) is 5.82 Å². The molecule has 0 aliphatic carbocycles. The minimum Gasteiger partial charge on any atom is -0.299 e. The Morgan fingerprint density at radius 2 is 2.64 bits per heavy atom. The summed E-state index contributed by atoms with van der Waals surface area (Å²) in [7, 11) is 1.83. The molecule has 0 amide bonds. The van der Waals surface area contributed by atoms with Crippen LogP contribution in [-0.2, 0) is 13.6 Å². The molecule has 4 heteroatoms. The fourth-order valence-corrected chi connectivity index (χ4v) is 0.711. The number of hydrogen-bond donors (Lipinski definition) is 1. The molecule has 0 aliphatic rings. The van der Waals surface area contributed by atoms with Crippen LogP contribution in [0.3, 0.4) is 0 Å². The van der Waals surface area contributed by atoms with Crippen molar-refractivity contribution in [2.45, 2.75) is 6.54 Å². The summed E-state index contributed by atoms with van der Waals surface area (Å²) in [5.74, 6) is 3.24. The second-order valence-electron chi connectivity index (χ2n) is 2.14. The lowest BCUT2D eigenvalue weighted by Crippen LogP contribution is -2.14. The van der Waals surface area contributed by atoms with Gasteiger partial charge in [0.2, 0.25) is 0 Å². The first-order chi connectivity index (χ1) is 5.33. The smallest absolute Gasteiger partial charge is 0.164 e. The molecule has 0 saturated carbocycles. The summed E-state index contributed by atoms with van der Waals surface area (Å²) >= 11 is 0. The maximum Gasteiger partial charge on any atom is 0.164 e. The van der Waals surface area contributed by atoms with E-state index in [0.29, 0.717) is 13.1 Å². The van der Waals surface area contributed by atoms with E-state index in [1.165, 1.54) is 0 Å². The second kappa shape index (κ2) is 3.74. The molecule has 1 rings (SSSR count). The van der Waals surface area contributed by atoms with E-state index in [1.807, 2.05) is 7.05 Å². The van der Waals surface area contributed by atoms with E-state index in [1.54, 1.807) is 11.0 Å². The molecule has 58 valence electrons.